The van der Waals surface area contributed by atoms with Crippen LogP contribution in [-0.4, -0.2) is 0 Å². The number of nitrogen functional groups attached to an aromatic ring is 4. The molecule has 2 aromatic carbocycles. The van der Waals surface area contributed by atoms with Crippen LogP contribution in [0.25, 0.3) is 0 Å². The summed E-state index contributed by atoms with van der Waals surface area (Å²) in [4.78, 5) is 0. The van der Waals surface area contributed by atoms with Crippen molar-refractivity contribution in [1.82, 2.24) is 0 Å². The van der Waals surface area contributed by atoms with Crippen molar-refractivity contribution in [2.75, 3.05) is 22.9 Å². The second-order valence-electron chi connectivity index (χ2n) is 17.3. The molecule has 0 aliphatic heterocycles. The summed E-state index contributed by atoms with van der Waals surface area (Å²) in [5.74, 6) is 1.76. The lowest BCUT2D eigenvalue weighted by Gasteiger charge is -2.22. The molecular weight excluding hydrogens is 673 g/mol. The first kappa shape index (κ1) is 48.6. The average Bonchev–Trinajstić information content (AvgIpc) is 3.17. The second-order valence-corrected chi connectivity index (χ2v) is 17.3. The van der Waals surface area contributed by atoms with Crippen LogP contribution in [0, 0.1) is 0 Å². The van der Waals surface area contributed by atoms with Crippen molar-refractivity contribution >= 4 is 22.7 Å². The summed E-state index contributed by atoms with van der Waals surface area (Å²) in [7, 11) is 0. The van der Waals surface area contributed by atoms with Gasteiger partial charge in [-0.2, -0.15) is 0 Å². The molecule has 0 saturated heterocycles. The molecule has 5 nitrogen and oxygen atoms in total. The Morgan fingerprint density at radius 1 is 0.364 bits per heavy atom. The van der Waals surface area contributed by atoms with E-state index in [-0.39, 0.29) is 11.8 Å². The average molecular weight is 763 g/mol. The zero-order valence-corrected chi connectivity index (χ0v) is 36.8. The van der Waals surface area contributed by atoms with Gasteiger partial charge in [0, 0.05) is 22.5 Å². The summed E-state index contributed by atoms with van der Waals surface area (Å²) in [6.45, 7) is 9.07. The Morgan fingerprint density at radius 2 is 0.600 bits per heavy atom. The molecule has 0 saturated carbocycles. The predicted molar refractivity (Wildman–Crippen MR) is 247 cm³/mol. The van der Waals surface area contributed by atoms with Gasteiger partial charge >= 0.3 is 0 Å². The maximum absolute atomic E-state index is 6.77. The molecule has 5 heteroatoms. The van der Waals surface area contributed by atoms with E-state index < -0.39 is 0 Å². The van der Waals surface area contributed by atoms with Crippen LogP contribution in [-0.2, 0) is 0 Å². The first-order valence-electron chi connectivity index (χ1n) is 23.8. The van der Waals surface area contributed by atoms with Crippen molar-refractivity contribution in [1.29, 1.82) is 0 Å². The third-order valence-corrected chi connectivity index (χ3v) is 12.2. The molecule has 2 atom stereocenters. The molecule has 2 rings (SSSR count). The summed E-state index contributed by atoms with van der Waals surface area (Å²) in [6.07, 6.45) is 43.4. The van der Waals surface area contributed by atoms with Gasteiger partial charge in [-0.25, -0.2) is 0 Å². The normalized spacial score (nSPS) is 12.7. The van der Waals surface area contributed by atoms with Crippen molar-refractivity contribution in [3.05, 3.63) is 35.4 Å². The van der Waals surface area contributed by atoms with Crippen LogP contribution >= 0.6 is 0 Å². The quantitative estimate of drug-likeness (QED) is 0.0408. The van der Waals surface area contributed by atoms with Crippen molar-refractivity contribution in [3.63, 3.8) is 0 Å². The standard InChI is InChI=1S/C50H90N4O/c1-5-7-9-11-13-15-17-19-21-23-25-27-29-31-33-35-41(3)47-43(51)37-39-45(49(47)53)55-46-40-38-44(52)48(50(46)54)42(4)36-34-32-30-28-26-24-22-20-18-16-14-12-10-8-6-2/h37-42H,5-36,51-54H2,1-4H3. The van der Waals surface area contributed by atoms with E-state index in [0.29, 0.717) is 22.9 Å². The lowest BCUT2D eigenvalue weighted by Crippen LogP contribution is -2.08. The minimum absolute atomic E-state index is 0.264. The van der Waals surface area contributed by atoms with Gasteiger partial charge in [0.2, 0.25) is 0 Å². The maximum atomic E-state index is 6.77. The van der Waals surface area contributed by atoms with E-state index in [0.717, 1.165) is 35.3 Å². The van der Waals surface area contributed by atoms with Gasteiger partial charge in [0.15, 0.2) is 11.5 Å². The number of anilines is 4. The molecule has 0 aliphatic carbocycles. The first-order chi connectivity index (χ1) is 26.8. The smallest absolute Gasteiger partial charge is 0.150 e. The van der Waals surface area contributed by atoms with Crippen LogP contribution in [0.5, 0.6) is 11.5 Å². The summed E-state index contributed by atoms with van der Waals surface area (Å²) >= 11 is 0. The summed E-state index contributed by atoms with van der Waals surface area (Å²) < 4.78 is 6.43. The Morgan fingerprint density at radius 3 is 0.855 bits per heavy atom. The van der Waals surface area contributed by atoms with Crippen molar-refractivity contribution in [3.8, 4) is 11.5 Å². The molecule has 0 heterocycles. The second kappa shape index (κ2) is 31.5. The highest BCUT2D eigenvalue weighted by Gasteiger charge is 2.20. The minimum Gasteiger partial charge on any atom is -0.453 e. The highest BCUT2D eigenvalue weighted by molar-refractivity contribution is 5.73. The fourth-order valence-corrected chi connectivity index (χ4v) is 8.60. The van der Waals surface area contributed by atoms with Crippen LogP contribution < -0.4 is 27.7 Å². The van der Waals surface area contributed by atoms with Gasteiger partial charge in [-0.15, -0.1) is 0 Å². The topological polar surface area (TPSA) is 113 Å². The highest BCUT2D eigenvalue weighted by Crippen LogP contribution is 2.43. The highest BCUT2D eigenvalue weighted by atomic mass is 16.5. The molecule has 8 N–H and O–H groups in total. The molecule has 2 unspecified atom stereocenters. The number of hydrogen-bond donors (Lipinski definition) is 4. The van der Waals surface area contributed by atoms with Crippen LogP contribution in [0.3, 0.4) is 0 Å². The fourth-order valence-electron chi connectivity index (χ4n) is 8.60. The molecule has 55 heavy (non-hydrogen) atoms. The van der Waals surface area contributed by atoms with Gasteiger partial charge in [0.25, 0.3) is 0 Å². The van der Waals surface area contributed by atoms with Gasteiger partial charge in [-0.3, -0.25) is 0 Å². The number of rotatable bonds is 36. The van der Waals surface area contributed by atoms with E-state index >= 15 is 0 Å². The molecule has 0 amide bonds. The monoisotopic (exact) mass is 763 g/mol. The van der Waals surface area contributed by atoms with Gasteiger partial charge in [-0.05, 0) is 48.9 Å². The number of unbranched alkanes of at least 4 members (excludes halogenated alkanes) is 28. The zero-order valence-electron chi connectivity index (χ0n) is 36.8. The van der Waals surface area contributed by atoms with E-state index in [9.17, 15) is 0 Å². The number of nitrogens with two attached hydrogens (primary N) is 4. The molecule has 0 bridgehead atoms. The van der Waals surface area contributed by atoms with E-state index in [2.05, 4.69) is 27.7 Å². The Labute approximate surface area is 341 Å². The Balaban J connectivity index is 1.70. The van der Waals surface area contributed by atoms with E-state index in [1.165, 1.54) is 193 Å². The van der Waals surface area contributed by atoms with Crippen LogP contribution in [0.1, 0.15) is 256 Å². The summed E-state index contributed by atoms with van der Waals surface area (Å²) in [5, 5.41) is 0. The van der Waals surface area contributed by atoms with Gasteiger partial charge in [0.05, 0.1) is 11.4 Å². The van der Waals surface area contributed by atoms with E-state index in [4.69, 9.17) is 27.7 Å². The molecule has 2 aromatic rings. The number of hydrogen-bond acceptors (Lipinski definition) is 5. The third-order valence-electron chi connectivity index (χ3n) is 12.2. The Bertz CT molecular complexity index is 1140. The molecule has 0 radical (unpaired) electrons. The Hall–Kier alpha value is -2.56. The van der Waals surface area contributed by atoms with E-state index in [1.54, 1.807) is 0 Å². The molecular formula is C50H90N4O. The predicted octanol–water partition coefficient (Wildman–Crippen LogP) is 16.5. The van der Waals surface area contributed by atoms with Gasteiger partial charge in [-0.1, -0.05) is 220 Å². The van der Waals surface area contributed by atoms with Crippen molar-refractivity contribution < 1.29 is 4.74 Å². The van der Waals surface area contributed by atoms with Gasteiger partial charge < -0.3 is 27.7 Å². The lowest BCUT2D eigenvalue weighted by atomic mass is 9.91. The SMILES string of the molecule is CCCCCCCCCCCCCCCCCC(C)c1c(N)ccc(Oc2ccc(N)c(C(C)CCCCCCCCCCCCCCCCC)c2N)c1N. The molecule has 0 fully saturated rings. The number of ether oxygens (including phenoxy) is 1. The van der Waals surface area contributed by atoms with Crippen LogP contribution in [0.2, 0.25) is 0 Å². The minimum atomic E-state index is 0.264. The molecule has 0 aliphatic rings. The summed E-state index contributed by atoms with van der Waals surface area (Å²) in [6, 6.07) is 7.61. The maximum Gasteiger partial charge on any atom is 0.150 e. The molecule has 316 valence electrons. The van der Waals surface area contributed by atoms with Crippen LogP contribution in [0.15, 0.2) is 24.3 Å². The fraction of sp³-hybridized carbons (Fsp3) is 0.760. The Kier molecular flexibility index (Phi) is 27.8. The zero-order chi connectivity index (χ0) is 39.9. The van der Waals surface area contributed by atoms with E-state index in [1.807, 2.05) is 24.3 Å². The first-order valence-corrected chi connectivity index (χ1v) is 23.8. The number of benzene rings is 2. The largest absolute Gasteiger partial charge is 0.453 e. The lowest BCUT2D eigenvalue weighted by molar-refractivity contribution is 0.483. The summed E-state index contributed by atoms with van der Waals surface area (Å²) in [5.41, 5.74) is 31.3. The third kappa shape index (κ3) is 21.0. The van der Waals surface area contributed by atoms with Crippen molar-refractivity contribution in [2.24, 2.45) is 0 Å². The molecule has 0 aromatic heterocycles. The van der Waals surface area contributed by atoms with Crippen molar-refractivity contribution in [2.45, 2.75) is 245 Å². The van der Waals surface area contributed by atoms with Gasteiger partial charge in [0.1, 0.15) is 0 Å². The van der Waals surface area contributed by atoms with Crippen LogP contribution in [0.4, 0.5) is 22.7 Å². The molecule has 0 spiro atoms.